The van der Waals surface area contributed by atoms with Gasteiger partial charge in [0.15, 0.2) is 12.6 Å². The molecule has 0 bridgehead atoms. The fourth-order valence-electron chi connectivity index (χ4n) is 2.10. The van der Waals surface area contributed by atoms with Gasteiger partial charge in [0.05, 0.1) is 26.4 Å². The largest absolute Gasteiger partial charge is 0.394 e. The van der Waals surface area contributed by atoms with E-state index in [1.165, 1.54) is 0 Å². The van der Waals surface area contributed by atoms with Crippen molar-refractivity contribution in [1.82, 2.24) is 0 Å². The van der Waals surface area contributed by atoms with Crippen LogP contribution in [0.5, 0.6) is 0 Å². The first-order valence-corrected chi connectivity index (χ1v) is 7.01. The number of aliphatic hydroxyl groups is 8. The molecule has 1 aliphatic heterocycles. The summed E-state index contributed by atoms with van der Waals surface area (Å²) in [5.41, 5.74) is 0. The first-order chi connectivity index (χ1) is 10.9. The highest BCUT2D eigenvalue weighted by molar-refractivity contribution is 4.90. The highest BCUT2D eigenvalue weighted by Gasteiger charge is 2.45. The minimum absolute atomic E-state index is 0.660. The number of rotatable bonds is 9. The summed E-state index contributed by atoms with van der Waals surface area (Å²) in [6, 6.07) is 0. The topological polar surface area (TPSA) is 190 Å². The van der Waals surface area contributed by atoms with Crippen LogP contribution < -0.4 is 0 Å². The Morgan fingerprint density at radius 2 is 1.57 bits per heavy atom. The second-order valence-electron chi connectivity index (χ2n) is 5.05. The van der Waals surface area contributed by atoms with Crippen molar-refractivity contribution in [3.63, 3.8) is 0 Å². The zero-order valence-corrected chi connectivity index (χ0v) is 12.2. The van der Waals surface area contributed by atoms with E-state index in [0.29, 0.717) is 0 Å². The maximum Gasteiger partial charge on any atom is 0.184 e. The van der Waals surface area contributed by atoms with E-state index in [1.54, 1.807) is 0 Å². The second kappa shape index (κ2) is 9.76. The molecule has 138 valence electrons. The van der Waals surface area contributed by atoms with Crippen molar-refractivity contribution in [3.05, 3.63) is 0 Å². The van der Waals surface area contributed by atoms with Gasteiger partial charge in [-0.25, -0.2) is 0 Å². The molecule has 23 heavy (non-hydrogen) atoms. The minimum atomic E-state index is -1.73. The van der Waals surface area contributed by atoms with Gasteiger partial charge in [0, 0.05) is 0 Å². The Labute approximate surface area is 131 Å². The summed E-state index contributed by atoms with van der Waals surface area (Å²) in [6.45, 7) is -2.81. The summed E-state index contributed by atoms with van der Waals surface area (Å²) in [5.74, 6) is 0. The van der Waals surface area contributed by atoms with Crippen LogP contribution in [0.15, 0.2) is 0 Å². The van der Waals surface area contributed by atoms with Crippen LogP contribution in [0.4, 0.5) is 0 Å². The van der Waals surface area contributed by atoms with Gasteiger partial charge in [-0.3, -0.25) is 0 Å². The fourth-order valence-corrected chi connectivity index (χ4v) is 2.10. The van der Waals surface area contributed by atoms with Crippen molar-refractivity contribution in [2.24, 2.45) is 0 Å². The SMILES string of the molecule is OC[C@H](O[C@H]1[C@H](O)[C@@H](O)[C@H](O)O[C@@H]1CO)O[C@H](CO)[C@@H](O)CO. The average molecular weight is 344 g/mol. The predicted octanol–water partition coefficient (Wildman–Crippen LogP) is -5.15. The van der Waals surface area contributed by atoms with E-state index in [0.717, 1.165) is 0 Å². The molecule has 1 rings (SSSR count). The molecule has 11 nitrogen and oxygen atoms in total. The third-order valence-corrected chi connectivity index (χ3v) is 3.42. The standard InChI is InChI=1S/C12H24O11/c13-1-5(17)6(2-14)21-8(4-16)23-11-7(3-15)22-12(20)10(19)9(11)18/h5-20H,1-4H2/t5-,6+,7+,8-,9+,10+,11+,12+/m0/s1. The Morgan fingerprint density at radius 3 is 2.04 bits per heavy atom. The molecule has 0 saturated carbocycles. The molecule has 0 aromatic carbocycles. The molecular weight excluding hydrogens is 320 g/mol. The first kappa shape index (κ1) is 20.6. The van der Waals surface area contributed by atoms with Crippen LogP contribution in [0.25, 0.3) is 0 Å². The van der Waals surface area contributed by atoms with E-state index >= 15 is 0 Å². The van der Waals surface area contributed by atoms with Crippen LogP contribution >= 0.6 is 0 Å². The number of aliphatic hydroxyl groups excluding tert-OH is 8. The molecule has 0 aliphatic carbocycles. The number of ether oxygens (including phenoxy) is 3. The molecule has 1 saturated heterocycles. The maximum absolute atomic E-state index is 9.90. The number of hydrogen-bond acceptors (Lipinski definition) is 11. The van der Waals surface area contributed by atoms with E-state index in [9.17, 15) is 30.6 Å². The first-order valence-electron chi connectivity index (χ1n) is 7.01. The Balaban J connectivity index is 2.75. The normalized spacial score (nSPS) is 35.7. The van der Waals surface area contributed by atoms with Crippen molar-refractivity contribution >= 4 is 0 Å². The quantitative estimate of drug-likeness (QED) is 0.187. The van der Waals surface area contributed by atoms with Gasteiger partial charge in [0.2, 0.25) is 0 Å². The van der Waals surface area contributed by atoms with Gasteiger partial charge in [-0.2, -0.15) is 0 Å². The summed E-state index contributed by atoms with van der Waals surface area (Å²) in [5, 5.41) is 74.6. The molecule has 8 atom stereocenters. The summed E-state index contributed by atoms with van der Waals surface area (Å²) in [6.07, 6.45) is -11.8. The maximum atomic E-state index is 9.90. The lowest BCUT2D eigenvalue weighted by atomic mass is 9.99. The van der Waals surface area contributed by atoms with Crippen molar-refractivity contribution in [2.75, 3.05) is 26.4 Å². The van der Waals surface area contributed by atoms with Gasteiger partial charge in [0.25, 0.3) is 0 Å². The molecular formula is C12H24O11. The third-order valence-electron chi connectivity index (χ3n) is 3.42. The Morgan fingerprint density at radius 1 is 0.913 bits per heavy atom. The highest BCUT2D eigenvalue weighted by atomic mass is 16.7. The molecule has 0 aromatic rings. The lowest BCUT2D eigenvalue weighted by Crippen LogP contribution is -2.60. The van der Waals surface area contributed by atoms with Gasteiger partial charge in [-0.1, -0.05) is 0 Å². The van der Waals surface area contributed by atoms with Crippen molar-refractivity contribution in [3.8, 4) is 0 Å². The van der Waals surface area contributed by atoms with E-state index in [2.05, 4.69) is 0 Å². The molecule has 1 aliphatic rings. The summed E-state index contributed by atoms with van der Waals surface area (Å²) in [4.78, 5) is 0. The van der Waals surface area contributed by atoms with Crippen LogP contribution in [-0.2, 0) is 14.2 Å². The minimum Gasteiger partial charge on any atom is -0.394 e. The highest BCUT2D eigenvalue weighted by Crippen LogP contribution is 2.24. The van der Waals surface area contributed by atoms with E-state index < -0.39 is 75.6 Å². The van der Waals surface area contributed by atoms with E-state index in [-0.39, 0.29) is 0 Å². The van der Waals surface area contributed by atoms with Crippen molar-refractivity contribution in [1.29, 1.82) is 0 Å². The molecule has 0 spiro atoms. The Kier molecular flexibility index (Phi) is 8.74. The Hall–Kier alpha value is -0.440. The number of hydrogen-bond donors (Lipinski definition) is 8. The molecule has 0 aromatic heterocycles. The van der Waals surface area contributed by atoms with Crippen molar-refractivity contribution < 1.29 is 55.1 Å². The van der Waals surface area contributed by atoms with Crippen LogP contribution in [0.3, 0.4) is 0 Å². The smallest absolute Gasteiger partial charge is 0.184 e. The molecule has 1 fully saturated rings. The van der Waals surface area contributed by atoms with Gasteiger partial charge in [-0.15, -0.1) is 0 Å². The molecule has 8 N–H and O–H groups in total. The lowest BCUT2D eigenvalue weighted by Gasteiger charge is -2.41. The average Bonchev–Trinajstić information content (AvgIpc) is 2.57. The summed E-state index contributed by atoms with van der Waals surface area (Å²) < 4.78 is 15.2. The monoisotopic (exact) mass is 344 g/mol. The predicted molar refractivity (Wildman–Crippen MR) is 70.8 cm³/mol. The van der Waals surface area contributed by atoms with E-state index in [1.807, 2.05) is 0 Å². The van der Waals surface area contributed by atoms with Crippen LogP contribution in [0.2, 0.25) is 0 Å². The van der Waals surface area contributed by atoms with Gasteiger partial charge in [0.1, 0.15) is 36.6 Å². The van der Waals surface area contributed by atoms with Crippen LogP contribution in [0.1, 0.15) is 0 Å². The zero-order valence-electron chi connectivity index (χ0n) is 12.2. The molecule has 1 heterocycles. The van der Waals surface area contributed by atoms with Crippen LogP contribution in [-0.4, -0.2) is 116 Å². The molecule has 11 heteroatoms. The zero-order chi connectivity index (χ0) is 17.6. The third kappa shape index (κ3) is 5.27. The van der Waals surface area contributed by atoms with Gasteiger partial charge in [-0.05, 0) is 0 Å². The van der Waals surface area contributed by atoms with Gasteiger partial charge < -0.3 is 55.1 Å². The fraction of sp³-hybridized carbons (Fsp3) is 1.00. The van der Waals surface area contributed by atoms with Gasteiger partial charge >= 0.3 is 0 Å². The molecule has 0 amide bonds. The lowest BCUT2D eigenvalue weighted by molar-refractivity contribution is -0.327. The second-order valence-corrected chi connectivity index (χ2v) is 5.05. The van der Waals surface area contributed by atoms with Crippen molar-refractivity contribution in [2.45, 2.75) is 49.2 Å². The molecule has 0 radical (unpaired) electrons. The Bertz CT molecular complexity index is 328. The summed E-state index contributed by atoms with van der Waals surface area (Å²) in [7, 11) is 0. The van der Waals surface area contributed by atoms with E-state index in [4.69, 9.17) is 24.4 Å². The van der Waals surface area contributed by atoms with Crippen LogP contribution in [0, 0.1) is 0 Å². The summed E-state index contributed by atoms with van der Waals surface area (Å²) >= 11 is 0. The molecule has 0 unspecified atom stereocenters.